The maximum atomic E-state index is 12.1. The third kappa shape index (κ3) is 4.64. The number of carbonyl (C=O) groups is 1. The zero-order chi connectivity index (χ0) is 13.1. The van der Waals surface area contributed by atoms with Crippen LogP contribution in [0.3, 0.4) is 0 Å². The van der Waals surface area contributed by atoms with Gasteiger partial charge in [0.05, 0.1) is 0 Å². The Morgan fingerprint density at radius 1 is 1.35 bits per heavy atom. The minimum Gasteiger partial charge on any atom is -0.423 e. The number of esters is 1. The SMILES string of the molecule is CCC(=O)Oc1ccc(Br)cc1OC(F)(F)F. The highest BCUT2D eigenvalue weighted by Gasteiger charge is 2.32. The first-order valence-electron chi connectivity index (χ1n) is 4.58. The van der Waals surface area contributed by atoms with Crippen LogP contribution in [-0.2, 0) is 4.79 Å². The summed E-state index contributed by atoms with van der Waals surface area (Å²) < 4.78 is 45.1. The second-order valence-corrected chi connectivity index (χ2v) is 3.88. The number of hydrogen-bond acceptors (Lipinski definition) is 3. The Morgan fingerprint density at radius 2 is 2.00 bits per heavy atom. The van der Waals surface area contributed by atoms with Crippen molar-refractivity contribution in [3.05, 3.63) is 22.7 Å². The molecule has 0 saturated carbocycles. The van der Waals surface area contributed by atoms with Crippen molar-refractivity contribution in [3.8, 4) is 11.5 Å². The predicted molar refractivity (Wildman–Crippen MR) is 56.8 cm³/mol. The summed E-state index contributed by atoms with van der Waals surface area (Å²) in [7, 11) is 0. The van der Waals surface area contributed by atoms with Crippen molar-refractivity contribution in [1.82, 2.24) is 0 Å². The van der Waals surface area contributed by atoms with Gasteiger partial charge in [0.2, 0.25) is 0 Å². The average molecular weight is 313 g/mol. The number of carbonyl (C=O) groups excluding carboxylic acids is 1. The topological polar surface area (TPSA) is 35.5 Å². The van der Waals surface area contributed by atoms with Gasteiger partial charge in [-0.25, -0.2) is 0 Å². The van der Waals surface area contributed by atoms with Crippen LogP contribution in [0.4, 0.5) is 13.2 Å². The number of rotatable bonds is 3. The van der Waals surface area contributed by atoms with Gasteiger partial charge in [-0.2, -0.15) is 0 Å². The Balaban J connectivity index is 2.99. The molecule has 0 unspecified atom stereocenters. The maximum absolute atomic E-state index is 12.1. The highest BCUT2D eigenvalue weighted by Crippen LogP contribution is 2.34. The van der Waals surface area contributed by atoms with Crippen LogP contribution in [0.2, 0.25) is 0 Å². The van der Waals surface area contributed by atoms with Gasteiger partial charge >= 0.3 is 12.3 Å². The van der Waals surface area contributed by atoms with Crippen LogP contribution < -0.4 is 9.47 Å². The van der Waals surface area contributed by atoms with Gasteiger partial charge in [-0.3, -0.25) is 4.79 Å². The van der Waals surface area contributed by atoms with Crippen molar-refractivity contribution in [2.24, 2.45) is 0 Å². The Bertz CT molecular complexity index is 418. The highest BCUT2D eigenvalue weighted by atomic mass is 79.9. The van der Waals surface area contributed by atoms with E-state index in [9.17, 15) is 18.0 Å². The minimum atomic E-state index is -4.84. The van der Waals surface area contributed by atoms with Crippen LogP contribution in [-0.4, -0.2) is 12.3 Å². The molecule has 0 atom stereocenters. The molecular formula is C10H8BrF3O3. The number of alkyl halides is 3. The van der Waals surface area contributed by atoms with E-state index in [-0.39, 0.29) is 12.2 Å². The van der Waals surface area contributed by atoms with Gasteiger partial charge in [-0.1, -0.05) is 22.9 Å². The summed E-state index contributed by atoms with van der Waals surface area (Å²) in [5, 5.41) is 0. The molecule has 0 fully saturated rings. The smallest absolute Gasteiger partial charge is 0.423 e. The van der Waals surface area contributed by atoms with Gasteiger partial charge in [-0.15, -0.1) is 13.2 Å². The number of ether oxygens (including phenoxy) is 2. The molecule has 0 bridgehead atoms. The van der Waals surface area contributed by atoms with Crippen molar-refractivity contribution >= 4 is 21.9 Å². The van der Waals surface area contributed by atoms with Crippen molar-refractivity contribution in [2.75, 3.05) is 0 Å². The van der Waals surface area contributed by atoms with E-state index in [1.807, 2.05) is 0 Å². The molecule has 7 heteroatoms. The van der Waals surface area contributed by atoms with Gasteiger partial charge in [0.25, 0.3) is 0 Å². The van der Waals surface area contributed by atoms with E-state index in [0.29, 0.717) is 4.47 Å². The zero-order valence-corrected chi connectivity index (χ0v) is 10.3. The molecule has 3 nitrogen and oxygen atoms in total. The Morgan fingerprint density at radius 3 is 2.53 bits per heavy atom. The number of benzene rings is 1. The molecule has 0 spiro atoms. The van der Waals surface area contributed by atoms with Crippen LogP contribution in [0, 0.1) is 0 Å². The molecule has 1 rings (SSSR count). The quantitative estimate of drug-likeness (QED) is 0.631. The fraction of sp³-hybridized carbons (Fsp3) is 0.300. The van der Waals surface area contributed by atoms with Gasteiger partial charge in [-0.05, 0) is 18.2 Å². The van der Waals surface area contributed by atoms with Crippen molar-refractivity contribution in [2.45, 2.75) is 19.7 Å². The van der Waals surface area contributed by atoms with Gasteiger partial charge in [0.15, 0.2) is 11.5 Å². The van der Waals surface area contributed by atoms with E-state index < -0.39 is 18.1 Å². The Kier molecular flexibility index (Phi) is 4.39. The lowest BCUT2D eigenvalue weighted by atomic mass is 10.3. The maximum Gasteiger partial charge on any atom is 0.573 e. The van der Waals surface area contributed by atoms with Crippen molar-refractivity contribution in [1.29, 1.82) is 0 Å². The molecule has 0 aliphatic rings. The Hall–Kier alpha value is -1.24. The molecule has 0 heterocycles. The van der Waals surface area contributed by atoms with Gasteiger partial charge < -0.3 is 9.47 Å². The second-order valence-electron chi connectivity index (χ2n) is 2.97. The molecule has 0 amide bonds. The van der Waals surface area contributed by atoms with E-state index in [0.717, 1.165) is 6.07 Å². The summed E-state index contributed by atoms with van der Waals surface area (Å²) in [6.07, 6.45) is -4.78. The monoisotopic (exact) mass is 312 g/mol. The van der Waals surface area contributed by atoms with Crippen molar-refractivity contribution < 1.29 is 27.4 Å². The third-order valence-corrected chi connectivity index (χ3v) is 2.14. The summed E-state index contributed by atoms with van der Waals surface area (Å²) in [5.74, 6) is -1.47. The molecular weight excluding hydrogens is 305 g/mol. The highest BCUT2D eigenvalue weighted by molar-refractivity contribution is 9.10. The third-order valence-electron chi connectivity index (χ3n) is 1.64. The molecule has 0 aliphatic carbocycles. The molecule has 1 aromatic carbocycles. The lowest BCUT2D eigenvalue weighted by Crippen LogP contribution is -2.18. The first kappa shape index (κ1) is 13.8. The standard InChI is InChI=1S/C10H8BrF3O3/c1-2-9(15)16-7-4-3-6(11)5-8(7)17-10(12,13)14/h3-5H,2H2,1H3. The van der Waals surface area contributed by atoms with Crippen LogP contribution in [0.5, 0.6) is 11.5 Å². The molecule has 0 aromatic heterocycles. The van der Waals surface area contributed by atoms with E-state index in [4.69, 9.17) is 4.74 Å². The van der Waals surface area contributed by atoms with Crippen LogP contribution in [0.1, 0.15) is 13.3 Å². The summed E-state index contributed by atoms with van der Waals surface area (Å²) in [6.45, 7) is 1.53. The van der Waals surface area contributed by atoms with Crippen LogP contribution >= 0.6 is 15.9 Å². The number of hydrogen-bond donors (Lipinski definition) is 0. The zero-order valence-electron chi connectivity index (χ0n) is 8.68. The molecule has 0 aliphatic heterocycles. The van der Waals surface area contributed by atoms with Crippen LogP contribution in [0.25, 0.3) is 0 Å². The summed E-state index contributed by atoms with van der Waals surface area (Å²) >= 11 is 3.00. The summed E-state index contributed by atoms with van der Waals surface area (Å²) in [4.78, 5) is 11.0. The molecule has 1 aromatic rings. The Labute approximate surface area is 104 Å². The lowest BCUT2D eigenvalue weighted by Gasteiger charge is -2.13. The fourth-order valence-corrected chi connectivity index (χ4v) is 1.31. The first-order valence-corrected chi connectivity index (χ1v) is 5.37. The fourth-order valence-electron chi connectivity index (χ4n) is 0.965. The van der Waals surface area contributed by atoms with Gasteiger partial charge in [0.1, 0.15) is 0 Å². The van der Waals surface area contributed by atoms with Crippen LogP contribution in [0.15, 0.2) is 22.7 Å². The molecule has 0 radical (unpaired) electrons. The normalized spacial score (nSPS) is 11.1. The first-order chi connectivity index (χ1) is 7.81. The number of halogens is 4. The molecule has 0 saturated heterocycles. The summed E-state index contributed by atoms with van der Waals surface area (Å²) in [6, 6.07) is 3.74. The van der Waals surface area contributed by atoms with E-state index >= 15 is 0 Å². The largest absolute Gasteiger partial charge is 0.573 e. The summed E-state index contributed by atoms with van der Waals surface area (Å²) in [5.41, 5.74) is 0. The van der Waals surface area contributed by atoms with E-state index in [2.05, 4.69) is 20.7 Å². The average Bonchev–Trinajstić information content (AvgIpc) is 2.19. The van der Waals surface area contributed by atoms with Gasteiger partial charge in [0, 0.05) is 10.9 Å². The van der Waals surface area contributed by atoms with Crippen molar-refractivity contribution in [3.63, 3.8) is 0 Å². The van der Waals surface area contributed by atoms with E-state index in [1.54, 1.807) is 0 Å². The molecule has 0 N–H and O–H groups in total. The molecule has 17 heavy (non-hydrogen) atoms. The predicted octanol–water partition coefficient (Wildman–Crippen LogP) is 3.66. The minimum absolute atomic E-state index is 0.0571. The lowest BCUT2D eigenvalue weighted by molar-refractivity contribution is -0.275. The van der Waals surface area contributed by atoms with E-state index in [1.165, 1.54) is 19.1 Å². The second kappa shape index (κ2) is 5.39. The molecule has 94 valence electrons.